The van der Waals surface area contributed by atoms with Crippen LogP contribution >= 0.6 is 0 Å². The maximum Gasteiger partial charge on any atom is 0.0659 e. The van der Waals surface area contributed by atoms with E-state index < -0.39 is 0 Å². The van der Waals surface area contributed by atoms with Crippen LogP contribution in [0.2, 0.25) is 0 Å². The Balaban J connectivity index is 3.10. The van der Waals surface area contributed by atoms with E-state index in [0.29, 0.717) is 0 Å². The molecule has 0 amide bonds. The van der Waals surface area contributed by atoms with Crippen LogP contribution in [0.15, 0.2) is 17.8 Å². The van der Waals surface area contributed by atoms with Gasteiger partial charge in [0.1, 0.15) is 0 Å². The van der Waals surface area contributed by atoms with Gasteiger partial charge in [-0.3, -0.25) is 4.98 Å². The van der Waals surface area contributed by atoms with E-state index in [1.165, 1.54) is 5.57 Å². The minimum atomic E-state index is 0.721. The van der Waals surface area contributed by atoms with Crippen molar-refractivity contribution in [3.8, 4) is 0 Å². The zero-order valence-corrected chi connectivity index (χ0v) is 7.76. The number of nitrogens with zero attached hydrogens (tertiary/aromatic N) is 1. The molecule has 0 aliphatic rings. The first-order chi connectivity index (χ1) is 5.59. The number of nitrogen functional groups attached to an aromatic ring is 1. The Morgan fingerprint density at radius 3 is 2.67 bits per heavy atom. The lowest BCUT2D eigenvalue weighted by atomic mass is 10.1. The van der Waals surface area contributed by atoms with E-state index in [1.54, 1.807) is 6.20 Å². The Kier molecular flexibility index (Phi) is 2.48. The Hall–Kier alpha value is -1.31. The van der Waals surface area contributed by atoms with Crippen molar-refractivity contribution in [2.45, 2.75) is 20.8 Å². The summed E-state index contributed by atoms with van der Waals surface area (Å²) in [6.45, 7) is 6.12. The molecule has 0 spiro atoms. The normalized spacial score (nSPS) is 9.58. The maximum absolute atomic E-state index is 5.58. The molecule has 1 heterocycles. The monoisotopic (exact) mass is 162 g/mol. The van der Waals surface area contributed by atoms with Gasteiger partial charge < -0.3 is 5.73 Å². The summed E-state index contributed by atoms with van der Waals surface area (Å²) >= 11 is 0. The van der Waals surface area contributed by atoms with Gasteiger partial charge in [-0.2, -0.15) is 0 Å². The van der Waals surface area contributed by atoms with Crippen LogP contribution in [0.4, 0.5) is 5.69 Å². The summed E-state index contributed by atoms with van der Waals surface area (Å²) in [6, 6.07) is 1.93. The lowest BCUT2D eigenvalue weighted by Crippen LogP contribution is -1.91. The van der Waals surface area contributed by atoms with Gasteiger partial charge in [0.15, 0.2) is 0 Å². The summed E-state index contributed by atoms with van der Waals surface area (Å²) in [7, 11) is 0. The van der Waals surface area contributed by atoms with E-state index >= 15 is 0 Å². The highest BCUT2D eigenvalue weighted by Crippen LogP contribution is 2.11. The van der Waals surface area contributed by atoms with E-state index in [-0.39, 0.29) is 0 Å². The average molecular weight is 162 g/mol. The molecule has 2 nitrogen and oxygen atoms in total. The van der Waals surface area contributed by atoms with Crippen LogP contribution in [0.5, 0.6) is 0 Å². The number of aryl methyl sites for hydroxylation is 1. The Morgan fingerprint density at radius 2 is 2.17 bits per heavy atom. The Bertz CT molecular complexity index is 310. The fourth-order valence-electron chi connectivity index (χ4n) is 1.03. The molecule has 0 aliphatic heterocycles. The molecule has 0 bridgehead atoms. The quantitative estimate of drug-likeness (QED) is 0.688. The minimum Gasteiger partial charge on any atom is -0.397 e. The molecule has 0 saturated heterocycles. The number of nitrogens with two attached hydrogens (primary N) is 1. The van der Waals surface area contributed by atoms with E-state index in [1.807, 2.05) is 13.0 Å². The van der Waals surface area contributed by atoms with Crippen molar-refractivity contribution in [2.24, 2.45) is 0 Å². The number of allylic oxidation sites excluding steroid dienone is 1. The fraction of sp³-hybridized carbons (Fsp3) is 0.300. The van der Waals surface area contributed by atoms with Gasteiger partial charge in [-0.1, -0.05) is 5.57 Å². The highest BCUT2D eigenvalue weighted by atomic mass is 14.7. The van der Waals surface area contributed by atoms with E-state index in [2.05, 4.69) is 24.9 Å². The molecule has 1 rings (SSSR count). The van der Waals surface area contributed by atoms with E-state index in [9.17, 15) is 0 Å². The number of hydrogen-bond acceptors (Lipinski definition) is 2. The summed E-state index contributed by atoms with van der Waals surface area (Å²) in [5, 5.41) is 0. The van der Waals surface area contributed by atoms with Crippen LogP contribution in [-0.4, -0.2) is 4.98 Å². The largest absolute Gasteiger partial charge is 0.397 e. The standard InChI is InChI=1S/C10H14N2/c1-7(2)4-10-8(3)5-9(11)6-12-10/h4-6H,11H2,1-3H3. The summed E-state index contributed by atoms with van der Waals surface area (Å²) < 4.78 is 0. The van der Waals surface area contributed by atoms with E-state index in [4.69, 9.17) is 5.73 Å². The van der Waals surface area contributed by atoms with Gasteiger partial charge in [0, 0.05) is 0 Å². The molecule has 0 aromatic carbocycles. The molecule has 2 heteroatoms. The number of aromatic nitrogens is 1. The molecule has 1 aromatic heterocycles. The summed E-state index contributed by atoms with van der Waals surface area (Å²) in [5.74, 6) is 0. The third-order valence-corrected chi connectivity index (χ3v) is 1.57. The van der Waals surface area contributed by atoms with Crippen LogP contribution in [0.1, 0.15) is 25.1 Å². The average Bonchev–Trinajstić information content (AvgIpc) is 1.94. The van der Waals surface area contributed by atoms with Gasteiger partial charge in [0.05, 0.1) is 17.6 Å². The summed E-state index contributed by atoms with van der Waals surface area (Å²) in [6.07, 6.45) is 3.73. The minimum absolute atomic E-state index is 0.721. The zero-order valence-electron chi connectivity index (χ0n) is 7.76. The molecular formula is C10H14N2. The molecule has 0 saturated carbocycles. The smallest absolute Gasteiger partial charge is 0.0659 e. The van der Waals surface area contributed by atoms with Gasteiger partial charge in [-0.25, -0.2) is 0 Å². The highest BCUT2D eigenvalue weighted by Gasteiger charge is 1.95. The summed E-state index contributed by atoms with van der Waals surface area (Å²) in [5.41, 5.74) is 9.67. The second-order valence-corrected chi connectivity index (χ2v) is 3.19. The van der Waals surface area contributed by atoms with Crippen LogP contribution in [-0.2, 0) is 0 Å². The summed E-state index contributed by atoms with van der Waals surface area (Å²) in [4.78, 5) is 4.22. The van der Waals surface area contributed by atoms with Crippen molar-refractivity contribution in [3.05, 3.63) is 29.1 Å². The van der Waals surface area contributed by atoms with Crippen molar-refractivity contribution >= 4 is 11.8 Å². The first-order valence-electron chi connectivity index (χ1n) is 3.96. The molecule has 12 heavy (non-hydrogen) atoms. The lowest BCUT2D eigenvalue weighted by molar-refractivity contribution is 1.23. The molecule has 0 aliphatic carbocycles. The lowest BCUT2D eigenvalue weighted by Gasteiger charge is -2.00. The van der Waals surface area contributed by atoms with E-state index in [0.717, 1.165) is 16.9 Å². The molecule has 0 fully saturated rings. The maximum atomic E-state index is 5.58. The second kappa shape index (κ2) is 3.39. The van der Waals surface area contributed by atoms with Crippen LogP contribution < -0.4 is 5.73 Å². The van der Waals surface area contributed by atoms with Gasteiger partial charge in [0.25, 0.3) is 0 Å². The molecule has 1 aromatic rings. The van der Waals surface area contributed by atoms with Crippen molar-refractivity contribution < 1.29 is 0 Å². The Labute approximate surface area is 73.1 Å². The zero-order chi connectivity index (χ0) is 9.14. The molecule has 2 N–H and O–H groups in total. The predicted molar refractivity (Wildman–Crippen MR) is 52.7 cm³/mol. The van der Waals surface area contributed by atoms with Crippen LogP contribution in [0.3, 0.4) is 0 Å². The molecular weight excluding hydrogens is 148 g/mol. The molecule has 0 atom stereocenters. The first kappa shape index (κ1) is 8.78. The topological polar surface area (TPSA) is 38.9 Å². The van der Waals surface area contributed by atoms with Crippen molar-refractivity contribution in [2.75, 3.05) is 5.73 Å². The SMILES string of the molecule is CC(C)=Cc1ncc(N)cc1C. The highest BCUT2D eigenvalue weighted by molar-refractivity contribution is 5.54. The van der Waals surface area contributed by atoms with Crippen LogP contribution in [0, 0.1) is 6.92 Å². The van der Waals surface area contributed by atoms with Gasteiger partial charge in [0.2, 0.25) is 0 Å². The molecule has 0 unspecified atom stereocenters. The van der Waals surface area contributed by atoms with Crippen molar-refractivity contribution in [1.82, 2.24) is 4.98 Å². The fourth-order valence-corrected chi connectivity index (χ4v) is 1.03. The van der Waals surface area contributed by atoms with Gasteiger partial charge in [-0.05, 0) is 38.5 Å². The number of pyridine rings is 1. The van der Waals surface area contributed by atoms with Crippen molar-refractivity contribution in [1.29, 1.82) is 0 Å². The number of anilines is 1. The first-order valence-corrected chi connectivity index (χ1v) is 3.96. The third kappa shape index (κ3) is 2.09. The Morgan fingerprint density at radius 1 is 1.50 bits per heavy atom. The number of hydrogen-bond donors (Lipinski definition) is 1. The predicted octanol–water partition coefficient (Wildman–Crippen LogP) is 2.40. The number of rotatable bonds is 1. The van der Waals surface area contributed by atoms with Crippen molar-refractivity contribution in [3.63, 3.8) is 0 Å². The third-order valence-electron chi connectivity index (χ3n) is 1.57. The van der Waals surface area contributed by atoms with Crippen LogP contribution in [0.25, 0.3) is 6.08 Å². The van der Waals surface area contributed by atoms with Gasteiger partial charge >= 0.3 is 0 Å². The molecule has 64 valence electrons. The molecule has 0 radical (unpaired) electrons. The second-order valence-electron chi connectivity index (χ2n) is 3.19. The van der Waals surface area contributed by atoms with Gasteiger partial charge in [-0.15, -0.1) is 0 Å².